The van der Waals surface area contributed by atoms with Crippen LogP contribution in [0, 0.1) is 12.8 Å². The Morgan fingerprint density at radius 1 is 0.976 bits per heavy atom. The molecule has 6 amide bonds. The minimum absolute atomic E-state index is 0.119. The molecule has 13 nitrogen and oxygen atoms in total. The molecule has 1 aromatic carbocycles. The molecule has 6 N–H and O–H groups in total. The van der Waals surface area contributed by atoms with E-state index in [9.17, 15) is 24.0 Å². The van der Waals surface area contributed by atoms with E-state index in [4.69, 9.17) is 15.2 Å². The second-order valence-corrected chi connectivity index (χ2v) is 9.83. The van der Waals surface area contributed by atoms with Crippen molar-refractivity contribution >= 4 is 35.3 Å². The quantitative estimate of drug-likeness (QED) is 0.116. The summed E-state index contributed by atoms with van der Waals surface area (Å²) >= 11 is 0. The van der Waals surface area contributed by atoms with Crippen molar-refractivity contribution < 1.29 is 33.4 Å². The molecule has 0 saturated carbocycles. The Hall–Kier alpha value is -3.97. The summed E-state index contributed by atoms with van der Waals surface area (Å²) in [6.45, 7) is 8.64. The molecular formula is C28H41N6O7. The number of hydrogen-bond donors (Lipinski definition) is 5. The van der Waals surface area contributed by atoms with Crippen molar-refractivity contribution in [2.24, 2.45) is 11.7 Å². The molecule has 0 unspecified atom stereocenters. The average molecular weight is 574 g/mol. The number of nitrogens with zero attached hydrogens (tertiary/aromatic N) is 1. The number of nitrogens with two attached hydrogens (primary N) is 1. The highest BCUT2D eigenvalue weighted by Crippen LogP contribution is 2.10. The van der Waals surface area contributed by atoms with Gasteiger partial charge in [-0.2, -0.15) is 0 Å². The Kier molecular flexibility index (Phi) is 14.3. The summed E-state index contributed by atoms with van der Waals surface area (Å²) in [4.78, 5) is 60.7. The van der Waals surface area contributed by atoms with Crippen LogP contribution >= 0.6 is 0 Å². The lowest BCUT2D eigenvalue weighted by Gasteiger charge is -2.26. The van der Waals surface area contributed by atoms with Crippen molar-refractivity contribution in [1.82, 2.24) is 20.9 Å². The van der Waals surface area contributed by atoms with Gasteiger partial charge < -0.3 is 36.5 Å². The molecule has 0 spiro atoms. The number of nitrogens with one attached hydrogen (secondary N) is 4. The molecule has 2 atom stereocenters. The van der Waals surface area contributed by atoms with Crippen LogP contribution < -0.4 is 27.0 Å². The molecule has 0 saturated heterocycles. The molecule has 1 heterocycles. The van der Waals surface area contributed by atoms with Crippen molar-refractivity contribution in [3.63, 3.8) is 0 Å². The molecule has 0 bridgehead atoms. The van der Waals surface area contributed by atoms with Crippen LogP contribution in [0.3, 0.4) is 0 Å². The Morgan fingerprint density at radius 2 is 1.63 bits per heavy atom. The van der Waals surface area contributed by atoms with Crippen molar-refractivity contribution in [3.8, 4) is 0 Å². The summed E-state index contributed by atoms with van der Waals surface area (Å²) in [5.41, 5.74) is 6.89. The number of imide groups is 1. The Morgan fingerprint density at radius 3 is 2.27 bits per heavy atom. The number of carbonyl (C=O) groups is 5. The molecule has 1 aliphatic heterocycles. The van der Waals surface area contributed by atoms with E-state index in [1.807, 2.05) is 38.1 Å². The van der Waals surface area contributed by atoms with E-state index in [2.05, 4.69) is 28.2 Å². The van der Waals surface area contributed by atoms with Gasteiger partial charge in [0.1, 0.15) is 12.6 Å². The first-order valence-corrected chi connectivity index (χ1v) is 13.5. The van der Waals surface area contributed by atoms with Gasteiger partial charge in [-0.25, -0.2) is 4.79 Å². The highest BCUT2D eigenvalue weighted by Gasteiger charge is 2.26. The third-order valence-electron chi connectivity index (χ3n) is 6.11. The lowest BCUT2D eigenvalue weighted by molar-refractivity contribution is -0.138. The first-order valence-electron chi connectivity index (χ1n) is 13.5. The van der Waals surface area contributed by atoms with Gasteiger partial charge in [-0.3, -0.25) is 24.1 Å². The van der Waals surface area contributed by atoms with E-state index in [1.165, 1.54) is 12.2 Å². The highest BCUT2D eigenvalue weighted by molar-refractivity contribution is 6.12. The van der Waals surface area contributed by atoms with Crippen LogP contribution in [0.25, 0.3) is 0 Å². The van der Waals surface area contributed by atoms with Gasteiger partial charge in [0.25, 0.3) is 11.8 Å². The zero-order valence-electron chi connectivity index (χ0n) is 23.6. The fraction of sp³-hybridized carbons (Fsp3) is 0.500. The van der Waals surface area contributed by atoms with Crippen LogP contribution in [0.2, 0.25) is 0 Å². The van der Waals surface area contributed by atoms with E-state index < -0.39 is 18.0 Å². The standard InChI is InChI=1S/C28H41N6O7/c1-19(2)26(33-23(35)18-41-16-15-40-14-13-34-24(36)10-11-25(34)37)27(38)32-22(5-4-12-30-28(29)39)17-31-21-8-6-20(3)7-9-21/h6-11,19,22,26,31H,3-5,12-18H2,1-2H3,(H,32,38)(H,33,35)(H3,29,30,39)/t22-,26-/m0/s1. The summed E-state index contributed by atoms with van der Waals surface area (Å²) < 4.78 is 10.7. The first kappa shape index (κ1) is 33.2. The average Bonchev–Trinajstić information content (AvgIpc) is 3.24. The topological polar surface area (TPSA) is 181 Å². The number of ether oxygens (including phenoxy) is 2. The van der Waals surface area contributed by atoms with Gasteiger partial charge in [-0.05, 0) is 43.4 Å². The maximum Gasteiger partial charge on any atom is 0.312 e. The van der Waals surface area contributed by atoms with Gasteiger partial charge >= 0.3 is 6.03 Å². The van der Waals surface area contributed by atoms with Crippen LogP contribution in [0.5, 0.6) is 0 Å². The summed E-state index contributed by atoms with van der Waals surface area (Å²) in [5.74, 6) is -1.72. The van der Waals surface area contributed by atoms with Gasteiger partial charge in [0.05, 0.1) is 26.4 Å². The summed E-state index contributed by atoms with van der Waals surface area (Å²) in [7, 11) is 0. The number of benzene rings is 1. The Bertz CT molecular complexity index is 1040. The molecule has 13 heteroatoms. The second kappa shape index (κ2) is 17.7. The zero-order chi connectivity index (χ0) is 30.2. The van der Waals surface area contributed by atoms with Crippen molar-refractivity contribution in [1.29, 1.82) is 0 Å². The molecule has 1 aromatic rings. The fourth-order valence-electron chi connectivity index (χ4n) is 3.88. The third-order valence-corrected chi connectivity index (χ3v) is 6.11. The summed E-state index contributed by atoms with van der Waals surface area (Å²) in [5, 5.41) is 11.6. The Balaban J connectivity index is 1.77. The van der Waals surface area contributed by atoms with E-state index >= 15 is 0 Å². The molecule has 1 aliphatic rings. The van der Waals surface area contributed by atoms with Gasteiger partial charge in [-0.15, -0.1) is 0 Å². The fourth-order valence-corrected chi connectivity index (χ4v) is 3.88. The van der Waals surface area contributed by atoms with Gasteiger partial charge in [0.15, 0.2) is 0 Å². The van der Waals surface area contributed by atoms with Gasteiger partial charge in [-0.1, -0.05) is 26.0 Å². The minimum Gasteiger partial charge on any atom is -0.383 e. The molecular weight excluding hydrogens is 532 g/mol. The summed E-state index contributed by atoms with van der Waals surface area (Å²) in [6, 6.07) is 5.86. The minimum atomic E-state index is -0.789. The number of carbonyl (C=O) groups excluding carboxylic acids is 5. The van der Waals surface area contributed by atoms with Gasteiger partial charge in [0.2, 0.25) is 11.8 Å². The number of hydrogen-bond acceptors (Lipinski definition) is 8. The number of amides is 6. The predicted octanol–water partition coefficient (Wildman–Crippen LogP) is 0.313. The largest absolute Gasteiger partial charge is 0.383 e. The van der Waals surface area contributed by atoms with Crippen molar-refractivity contribution in [3.05, 3.63) is 48.9 Å². The smallest absolute Gasteiger partial charge is 0.312 e. The number of rotatable bonds is 19. The second-order valence-electron chi connectivity index (χ2n) is 9.83. The normalized spacial score (nSPS) is 14.2. The van der Waals surface area contributed by atoms with Crippen molar-refractivity contribution in [2.75, 3.05) is 51.4 Å². The highest BCUT2D eigenvalue weighted by atomic mass is 16.5. The molecule has 0 aliphatic carbocycles. The van der Waals surface area contributed by atoms with Crippen LogP contribution in [-0.4, -0.2) is 92.7 Å². The molecule has 0 aromatic heterocycles. The molecule has 1 radical (unpaired) electrons. The van der Waals surface area contributed by atoms with E-state index in [0.29, 0.717) is 25.9 Å². The van der Waals surface area contributed by atoms with Crippen LogP contribution in [0.4, 0.5) is 10.5 Å². The van der Waals surface area contributed by atoms with E-state index in [-0.39, 0.29) is 62.7 Å². The predicted molar refractivity (Wildman–Crippen MR) is 152 cm³/mol. The van der Waals surface area contributed by atoms with Gasteiger partial charge in [0, 0.05) is 37.0 Å². The van der Waals surface area contributed by atoms with Crippen LogP contribution in [0.1, 0.15) is 32.3 Å². The number of urea groups is 1. The van der Waals surface area contributed by atoms with Crippen LogP contribution in [0.15, 0.2) is 36.4 Å². The molecule has 2 rings (SSSR count). The van der Waals surface area contributed by atoms with Crippen LogP contribution in [-0.2, 0) is 28.7 Å². The molecule has 0 fully saturated rings. The van der Waals surface area contributed by atoms with E-state index in [1.54, 1.807) is 0 Å². The molecule has 41 heavy (non-hydrogen) atoms. The summed E-state index contributed by atoms with van der Waals surface area (Å²) in [6.07, 6.45) is 3.56. The maximum atomic E-state index is 13.2. The third kappa shape index (κ3) is 12.8. The zero-order valence-corrected chi connectivity index (χ0v) is 23.6. The Labute approximate surface area is 240 Å². The van der Waals surface area contributed by atoms with Crippen molar-refractivity contribution in [2.45, 2.75) is 38.8 Å². The maximum absolute atomic E-state index is 13.2. The van der Waals surface area contributed by atoms with E-state index in [0.717, 1.165) is 16.2 Å². The monoisotopic (exact) mass is 573 g/mol. The lowest BCUT2D eigenvalue weighted by Crippen LogP contribution is -2.54. The first-order chi connectivity index (χ1) is 19.6. The number of anilines is 1. The molecule has 225 valence electrons. The number of primary amides is 1. The SMILES string of the molecule is [CH2]c1ccc(NC[C@H](CCCNC(N)=O)NC(=O)[C@@H](NC(=O)COCCOCCN2C(=O)C=CC2=O)C(C)C)cc1. The lowest BCUT2D eigenvalue weighted by atomic mass is 10.0.